The Balaban J connectivity index is 1.48. The van der Waals surface area contributed by atoms with Crippen molar-refractivity contribution < 1.29 is 4.74 Å². The molecule has 3 aromatic heterocycles. The van der Waals surface area contributed by atoms with Crippen molar-refractivity contribution in [2.45, 2.75) is 25.9 Å². The monoisotopic (exact) mass is 310 g/mol. The van der Waals surface area contributed by atoms with Crippen LogP contribution in [0.3, 0.4) is 0 Å². The minimum absolute atomic E-state index is 0.0757. The number of fused-ring (bicyclic) bond motifs is 1. The third-order valence-corrected chi connectivity index (χ3v) is 3.97. The predicted molar refractivity (Wildman–Crippen MR) is 85.6 cm³/mol. The molecule has 1 aliphatic heterocycles. The fourth-order valence-corrected chi connectivity index (χ4v) is 2.81. The third kappa shape index (κ3) is 2.94. The van der Waals surface area contributed by atoms with Gasteiger partial charge in [-0.3, -0.25) is 0 Å². The molecule has 0 aromatic carbocycles. The van der Waals surface area contributed by atoms with Crippen LogP contribution in [0.2, 0.25) is 0 Å². The highest BCUT2D eigenvalue weighted by atomic mass is 16.5. The largest absolute Gasteiger partial charge is 0.458 e. The summed E-state index contributed by atoms with van der Waals surface area (Å²) >= 11 is 0. The Hall–Kier alpha value is -2.70. The van der Waals surface area contributed by atoms with Crippen molar-refractivity contribution in [2.24, 2.45) is 0 Å². The second kappa shape index (κ2) is 5.83. The summed E-state index contributed by atoms with van der Waals surface area (Å²) in [4.78, 5) is 14.9. The molecule has 3 aromatic rings. The van der Waals surface area contributed by atoms with Crippen LogP contribution in [0.25, 0.3) is 5.65 Å². The Bertz CT molecular complexity index is 800. The molecule has 1 unspecified atom stereocenters. The van der Waals surface area contributed by atoms with E-state index in [4.69, 9.17) is 4.74 Å². The van der Waals surface area contributed by atoms with Crippen LogP contribution in [0.1, 0.15) is 18.4 Å². The molecule has 7 nitrogen and oxygen atoms in total. The molecule has 23 heavy (non-hydrogen) atoms. The van der Waals surface area contributed by atoms with Gasteiger partial charge in [0.2, 0.25) is 0 Å². The molecule has 1 aliphatic rings. The second-order valence-electron chi connectivity index (χ2n) is 5.79. The molecule has 1 fully saturated rings. The van der Waals surface area contributed by atoms with Crippen LogP contribution in [-0.2, 0) is 0 Å². The second-order valence-corrected chi connectivity index (χ2v) is 5.79. The van der Waals surface area contributed by atoms with Crippen molar-refractivity contribution in [2.75, 3.05) is 18.0 Å². The zero-order valence-corrected chi connectivity index (χ0v) is 13.0. The number of nitrogens with zero attached hydrogens (tertiary/aromatic N) is 6. The maximum atomic E-state index is 5.92. The van der Waals surface area contributed by atoms with Gasteiger partial charge in [0.15, 0.2) is 5.65 Å². The van der Waals surface area contributed by atoms with Crippen LogP contribution in [-0.4, -0.2) is 43.8 Å². The summed E-state index contributed by atoms with van der Waals surface area (Å²) in [5, 5.41) is 4.61. The minimum atomic E-state index is 0.0757. The van der Waals surface area contributed by atoms with Gasteiger partial charge in [-0.2, -0.15) is 0 Å². The van der Waals surface area contributed by atoms with Gasteiger partial charge < -0.3 is 9.64 Å². The SMILES string of the molecule is Cc1cnc(OC2CCCN(c3ccc4nccn4n3)C2)nc1. The van der Waals surface area contributed by atoms with Crippen LogP contribution in [0.4, 0.5) is 5.82 Å². The van der Waals surface area contributed by atoms with Crippen LogP contribution in [0, 0.1) is 6.92 Å². The number of hydrogen-bond acceptors (Lipinski definition) is 6. The van der Waals surface area contributed by atoms with E-state index in [1.54, 1.807) is 23.1 Å². The summed E-state index contributed by atoms with van der Waals surface area (Å²) < 4.78 is 7.72. The van der Waals surface area contributed by atoms with Crippen molar-refractivity contribution in [3.05, 3.63) is 42.5 Å². The van der Waals surface area contributed by atoms with Crippen LogP contribution in [0.5, 0.6) is 6.01 Å². The van der Waals surface area contributed by atoms with E-state index >= 15 is 0 Å². The highest BCUT2D eigenvalue weighted by Gasteiger charge is 2.23. The number of hydrogen-bond donors (Lipinski definition) is 0. The quantitative estimate of drug-likeness (QED) is 0.736. The van der Waals surface area contributed by atoms with Crippen molar-refractivity contribution in [1.29, 1.82) is 0 Å². The Kier molecular flexibility index (Phi) is 3.53. The number of anilines is 1. The molecule has 4 rings (SSSR count). The van der Waals surface area contributed by atoms with Crippen molar-refractivity contribution in [1.82, 2.24) is 24.6 Å². The summed E-state index contributed by atoms with van der Waals surface area (Å²) in [5.41, 5.74) is 1.88. The van der Waals surface area contributed by atoms with E-state index in [1.807, 2.05) is 25.3 Å². The Morgan fingerprint density at radius 1 is 1.17 bits per heavy atom. The highest BCUT2D eigenvalue weighted by molar-refractivity contribution is 5.46. The average molecular weight is 310 g/mol. The summed E-state index contributed by atoms with van der Waals surface area (Å²) in [6, 6.07) is 4.43. The first-order valence-corrected chi connectivity index (χ1v) is 7.78. The Labute approximate surface area is 134 Å². The van der Waals surface area contributed by atoms with Gasteiger partial charge in [0.05, 0.1) is 6.54 Å². The van der Waals surface area contributed by atoms with E-state index in [1.165, 1.54) is 0 Å². The van der Waals surface area contributed by atoms with E-state index in [0.717, 1.165) is 43.0 Å². The molecule has 1 atom stereocenters. The average Bonchev–Trinajstić information content (AvgIpc) is 3.05. The molecule has 0 amide bonds. The Morgan fingerprint density at radius 3 is 2.91 bits per heavy atom. The minimum Gasteiger partial charge on any atom is -0.458 e. The van der Waals surface area contributed by atoms with E-state index in [-0.39, 0.29) is 6.10 Å². The number of imidazole rings is 1. The fourth-order valence-electron chi connectivity index (χ4n) is 2.81. The van der Waals surface area contributed by atoms with E-state index in [9.17, 15) is 0 Å². The van der Waals surface area contributed by atoms with E-state index in [0.29, 0.717) is 6.01 Å². The van der Waals surface area contributed by atoms with Gasteiger partial charge in [-0.15, -0.1) is 5.10 Å². The molecule has 1 saturated heterocycles. The zero-order chi connectivity index (χ0) is 15.6. The summed E-state index contributed by atoms with van der Waals surface area (Å²) in [6.07, 6.45) is 9.29. The molecule has 7 heteroatoms. The summed E-state index contributed by atoms with van der Waals surface area (Å²) in [7, 11) is 0. The van der Waals surface area contributed by atoms with Crippen LogP contribution < -0.4 is 9.64 Å². The topological polar surface area (TPSA) is 68.4 Å². The highest BCUT2D eigenvalue weighted by Crippen LogP contribution is 2.20. The number of rotatable bonds is 3. The third-order valence-electron chi connectivity index (χ3n) is 3.97. The molecule has 4 heterocycles. The smallest absolute Gasteiger partial charge is 0.316 e. The normalized spacial score (nSPS) is 18.3. The van der Waals surface area contributed by atoms with Crippen LogP contribution in [0.15, 0.2) is 36.9 Å². The first-order chi connectivity index (χ1) is 11.3. The number of piperidine rings is 1. The van der Waals surface area contributed by atoms with Gasteiger partial charge in [0, 0.05) is 31.3 Å². The van der Waals surface area contributed by atoms with Gasteiger partial charge >= 0.3 is 6.01 Å². The number of aryl methyl sites for hydroxylation is 1. The van der Waals surface area contributed by atoms with Gasteiger partial charge in [0.1, 0.15) is 11.9 Å². The van der Waals surface area contributed by atoms with Crippen molar-refractivity contribution in [3.63, 3.8) is 0 Å². The molecule has 118 valence electrons. The molecule has 0 N–H and O–H groups in total. The van der Waals surface area contributed by atoms with E-state index < -0.39 is 0 Å². The lowest BCUT2D eigenvalue weighted by atomic mass is 10.1. The summed E-state index contributed by atoms with van der Waals surface area (Å²) in [5.74, 6) is 0.939. The lowest BCUT2D eigenvalue weighted by Crippen LogP contribution is -2.42. The number of aromatic nitrogens is 5. The standard InChI is InChI=1S/C16H18N6O/c1-12-9-18-16(19-10-12)23-13-3-2-7-21(11-13)15-5-4-14-17-6-8-22(14)20-15/h4-6,8-10,13H,2-3,7,11H2,1H3. The molecule has 0 saturated carbocycles. The Morgan fingerprint density at radius 2 is 2.04 bits per heavy atom. The van der Waals surface area contributed by atoms with Gasteiger partial charge in [-0.25, -0.2) is 19.5 Å². The lowest BCUT2D eigenvalue weighted by molar-refractivity contribution is 0.164. The van der Waals surface area contributed by atoms with Gasteiger partial charge in [-0.05, 0) is 37.5 Å². The van der Waals surface area contributed by atoms with Gasteiger partial charge in [0.25, 0.3) is 0 Å². The molecule has 0 radical (unpaired) electrons. The molecule has 0 spiro atoms. The summed E-state index contributed by atoms with van der Waals surface area (Å²) in [6.45, 7) is 3.72. The predicted octanol–water partition coefficient (Wildman–Crippen LogP) is 1.88. The van der Waals surface area contributed by atoms with Crippen LogP contribution >= 0.6 is 0 Å². The molecular weight excluding hydrogens is 292 g/mol. The van der Waals surface area contributed by atoms with Gasteiger partial charge in [-0.1, -0.05) is 0 Å². The molecule has 0 aliphatic carbocycles. The molecular formula is C16H18N6O. The first-order valence-electron chi connectivity index (χ1n) is 7.78. The lowest BCUT2D eigenvalue weighted by Gasteiger charge is -2.32. The maximum Gasteiger partial charge on any atom is 0.316 e. The fraction of sp³-hybridized carbons (Fsp3) is 0.375. The van der Waals surface area contributed by atoms with E-state index in [2.05, 4.69) is 25.0 Å². The molecule has 0 bridgehead atoms. The first kappa shape index (κ1) is 13.9. The van der Waals surface area contributed by atoms with Crippen molar-refractivity contribution >= 4 is 11.5 Å². The maximum absolute atomic E-state index is 5.92. The zero-order valence-electron chi connectivity index (χ0n) is 13.0. The number of ether oxygens (including phenoxy) is 1. The van der Waals surface area contributed by atoms with Crippen molar-refractivity contribution in [3.8, 4) is 6.01 Å².